The molecule has 0 aromatic heterocycles. The van der Waals surface area contributed by atoms with E-state index < -0.39 is 0 Å². The predicted molar refractivity (Wildman–Crippen MR) is 78.7 cm³/mol. The van der Waals surface area contributed by atoms with Crippen LogP contribution in [0.2, 0.25) is 0 Å². The average molecular weight is 256 g/mol. The number of carbonyl (C=O) groups is 1. The third-order valence-electron chi connectivity index (χ3n) is 3.68. The normalized spacial score (nSPS) is 16.1. The Kier molecular flexibility index (Phi) is 10.0. The maximum absolute atomic E-state index is 11.6. The van der Waals surface area contributed by atoms with Crippen LogP contribution >= 0.6 is 0 Å². The Balaban J connectivity index is 3.76. The lowest BCUT2D eigenvalue weighted by molar-refractivity contribution is -0.121. The van der Waals surface area contributed by atoms with Crippen LogP contribution in [0, 0.1) is 5.92 Å². The quantitative estimate of drug-likeness (QED) is 0.630. The van der Waals surface area contributed by atoms with E-state index in [1.807, 2.05) is 6.92 Å². The minimum absolute atomic E-state index is 0.162. The molecule has 0 rings (SSSR count). The van der Waals surface area contributed by atoms with Crippen molar-refractivity contribution in [1.29, 1.82) is 0 Å². The molecule has 0 aromatic carbocycles. The molecule has 0 spiro atoms. The molecule has 0 fully saturated rings. The van der Waals surface area contributed by atoms with Crippen LogP contribution < -0.4 is 10.6 Å². The van der Waals surface area contributed by atoms with Crippen molar-refractivity contribution in [1.82, 2.24) is 10.6 Å². The van der Waals surface area contributed by atoms with E-state index in [1.54, 1.807) is 0 Å². The lowest BCUT2D eigenvalue weighted by atomic mass is 9.98. The van der Waals surface area contributed by atoms with Crippen molar-refractivity contribution in [2.24, 2.45) is 5.92 Å². The monoisotopic (exact) mass is 256 g/mol. The molecule has 108 valence electrons. The van der Waals surface area contributed by atoms with Gasteiger partial charge in [-0.25, -0.2) is 0 Å². The molecule has 1 amide bonds. The van der Waals surface area contributed by atoms with E-state index in [2.05, 4.69) is 38.3 Å². The first-order valence-corrected chi connectivity index (χ1v) is 7.56. The summed E-state index contributed by atoms with van der Waals surface area (Å²) in [5.41, 5.74) is 0. The van der Waals surface area contributed by atoms with Gasteiger partial charge in [-0.1, -0.05) is 34.1 Å². The number of carbonyl (C=O) groups excluding carboxylic acids is 1. The summed E-state index contributed by atoms with van der Waals surface area (Å²) in [4.78, 5) is 11.6. The molecule has 3 heteroatoms. The Labute approximate surface area is 113 Å². The maximum atomic E-state index is 11.6. The van der Waals surface area contributed by atoms with Crippen LogP contribution in [0.1, 0.15) is 66.7 Å². The molecule has 0 saturated carbocycles. The molecule has 3 atom stereocenters. The van der Waals surface area contributed by atoms with E-state index in [4.69, 9.17) is 0 Å². The van der Waals surface area contributed by atoms with E-state index in [1.165, 1.54) is 12.8 Å². The Hall–Kier alpha value is -0.570. The van der Waals surface area contributed by atoms with Gasteiger partial charge in [-0.05, 0) is 32.1 Å². The van der Waals surface area contributed by atoms with Crippen molar-refractivity contribution in [2.75, 3.05) is 6.54 Å². The minimum atomic E-state index is 0.162. The summed E-state index contributed by atoms with van der Waals surface area (Å²) in [6.45, 7) is 11.7. The fourth-order valence-corrected chi connectivity index (χ4v) is 1.89. The van der Waals surface area contributed by atoms with Crippen molar-refractivity contribution in [3.05, 3.63) is 0 Å². The highest BCUT2D eigenvalue weighted by Gasteiger charge is 2.11. The van der Waals surface area contributed by atoms with E-state index in [-0.39, 0.29) is 5.91 Å². The molecule has 0 bridgehead atoms. The standard InChI is InChI=1S/C15H32N2O/c1-6-12(4)11-14(8-3)16-10-9-15(18)17-13(5)7-2/h12-14,16H,6-11H2,1-5H3,(H,17,18). The number of hydrogen-bond acceptors (Lipinski definition) is 2. The molecule has 18 heavy (non-hydrogen) atoms. The zero-order valence-electron chi connectivity index (χ0n) is 12.9. The first-order valence-electron chi connectivity index (χ1n) is 7.56. The van der Waals surface area contributed by atoms with Crippen molar-refractivity contribution in [2.45, 2.75) is 78.8 Å². The van der Waals surface area contributed by atoms with Gasteiger partial charge in [0.2, 0.25) is 5.91 Å². The second-order valence-electron chi connectivity index (χ2n) is 5.44. The minimum Gasteiger partial charge on any atom is -0.354 e. The summed E-state index contributed by atoms with van der Waals surface area (Å²) in [5, 5.41) is 6.49. The fourth-order valence-electron chi connectivity index (χ4n) is 1.89. The SMILES string of the molecule is CCC(C)CC(CC)NCCC(=O)NC(C)CC. The lowest BCUT2D eigenvalue weighted by Gasteiger charge is -2.20. The van der Waals surface area contributed by atoms with Gasteiger partial charge in [0.15, 0.2) is 0 Å². The maximum Gasteiger partial charge on any atom is 0.221 e. The summed E-state index contributed by atoms with van der Waals surface area (Å²) in [6.07, 6.45) is 5.15. The Morgan fingerprint density at radius 1 is 1.06 bits per heavy atom. The van der Waals surface area contributed by atoms with Crippen LogP contribution in [-0.4, -0.2) is 24.5 Å². The van der Waals surface area contributed by atoms with Crippen LogP contribution in [0.3, 0.4) is 0 Å². The highest BCUT2D eigenvalue weighted by Crippen LogP contribution is 2.11. The van der Waals surface area contributed by atoms with E-state index >= 15 is 0 Å². The lowest BCUT2D eigenvalue weighted by Crippen LogP contribution is -2.36. The third kappa shape index (κ3) is 8.51. The number of nitrogens with one attached hydrogen (secondary N) is 2. The van der Waals surface area contributed by atoms with Crippen LogP contribution in [-0.2, 0) is 4.79 Å². The molecule has 2 N–H and O–H groups in total. The molecular formula is C15H32N2O. The molecule has 0 aliphatic carbocycles. The van der Waals surface area contributed by atoms with Crippen molar-refractivity contribution in [3.63, 3.8) is 0 Å². The first-order chi connectivity index (χ1) is 8.53. The molecule has 0 aliphatic heterocycles. The van der Waals surface area contributed by atoms with Gasteiger partial charge in [0.05, 0.1) is 0 Å². The van der Waals surface area contributed by atoms with Gasteiger partial charge >= 0.3 is 0 Å². The second-order valence-corrected chi connectivity index (χ2v) is 5.44. The predicted octanol–water partition coefficient (Wildman–Crippen LogP) is 3.10. The first kappa shape index (κ1) is 17.4. The van der Waals surface area contributed by atoms with Crippen LogP contribution in [0.15, 0.2) is 0 Å². The van der Waals surface area contributed by atoms with Gasteiger partial charge in [0, 0.05) is 25.0 Å². The molecule has 0 aliphatic rings. The Bertz CT molecular complexity index is 219. The van der Waals surface area contributed by atoms with Crippen molar-refractivity contribution in [3.8, 4) is 0 Å². The van der Waals surface area contributed by atoms with Gasteiger partial charge < -0.3 is 10.6 Å². The Morgan fingerprint density at radius 2 is 1.72 bits per heavy atom. The summed E-state index contributed by atoms with van der Waals surface area (Å²) in [7, 11) is 0. The molecule has 0 aromatic rings. The largest absolute Gasteiger partial charge is 0.354 e. The van der Waals surface area contributed by atoms with E-state index in [0.29, 0.717) is 18.5 Å². The van der Waals surface area contributed by atoms with Crippen LogP contribution in [0.25, 0.3) is 0 Å². The topological polar surface area (TPSA) is 41.1 Å². The van der Waals surface area contributed by atoms with Gasteiger partial charge in [0.25, 0.3) is 0 Å². The average Bonchev–Trinajstić information content (AvgIpc) is 2.36. The second kappa shape index (κ2) is 10.4. The summed E-state index contributed by atoms with van der Waals surface area (Å²) in [5.74, 6) is 0.923. The number of amides is 1. The molecule has 3 unspecified atom stereocenters. The molecule has 0 radical (unpaired) electrons. The van der Waals surface area contributed by atoms with E-state index in [0.717, 1.165) is 25.3 Å². The molecule has 3 nitrogen and oxygen atoms in total. The summed E-state index contributed by atoms with van der Waals surface area (Å²) >= 11 is 0. The van der Waals surface area contributed by atoms with Crippen molar-refractivity contribution < 1.29 is 4.79 Å². The number of hydrogen-bond donors (Lipinski definition) is 2. The zero-order valence-corrected chi connectivity index (χ0v) is 12.9. The van der Waals surface area contributed by atoms with Crippen LogP contribution in [0.4, 0.5) is 0 Å². The smallest absolute Gasteiger partial charge is 0.221 e. The number of rotatable bonds is 10. The summed E-state index contributed by atoms with van der Waals surface area (Å²) in [6, 6.07) is 0.843. The zero-order chi connectivity index (χ0) is 14.0. The van der Waals surface area contributed by atoms with Gasteiger partial charge in [-0.15, -0.1) is 0 Å². The molecular weight excluding hydrogens is 224 g/mol. The van der Waals surface area contributed by atoms with Gasteiger partial charge in [0.1, 0.15) is 0 Å². The molecule has 0 saturated heterocycles. The fraction of sp³-hybridized carbons (Fsp3) is 0.933. The molecule has 0 heterocycles. The van der Waals surface area contributed by atoms with Gasteiger partial charge in [-0.2, -0.15) is 0 Å². The summed E-state index contributed by atoms with van der Waals surface area (Å²) < 4.78 is 0. The third-order valence-corrected chi connectivity index (χ3v) is 3.68. The van der Waals surface area contributed by atoms with Crippen molar-refractivity contribution >= 4 is 5.91 Å². The van der Waals surface area contributed by atoms with Gasteiger partial charge in [-0.3, -0.25) is 4.79 Å². The van der Waals surface area contributed by atoms with E-state index in [9.17, 15) is 4.79 Å². The highest BCUT2D eigenvalue weighted by atomic mass is 16.1. The van der Waals surface area contributed by atoms with Crippen LogP contribution in [0.5, 0.6) is 0 Å². The highest BCUT2D eigenvalue weighted by molar-refractivity contribution is 5.76. The Morgan fingerprint density at radius 3 is 2.22 bits per heavy atom.